The molecule has 0 saturated heterocycles. The molecule has 1 N–H and O–H groups in total. The second-order valence-electron chi connectivity index (χ2n) is 4.01. The van der Waals surface area contributed by atoms with Gasteiger partial charge in [0.25, 0.3) is 5.91 Å². The number of amides is 1. The Labute approximate surface area is 120 Å². The summed E-state index contributed by atoms with van der Waals surface area (Å²) in [6.07, 6.45) is 0. The molecule has 6 heteroatoms. The van der Waals surface area contributed by atoms with Crippen LogP contribution in [0.1, 0.15) is 33.3 Å². The first-order chi connectivity index (χ1) is 9.63. The van der Waals surface area contributed by atoms with E-state index in [2.05, 4.69) is 9.69 Å². The molecule has 0 atom stereocenters. The largest absolute Gasteiger partial charge is 0.462 e. The van der Waals surface area contributed by atoms with Gasteiger partial charge in [0, 0.05) is 5.56 Å². The van der Waals surface area contributed by atoms with Crippen LogP contribution in [0, 0.1) is 6.92 Å². The lowest BCUT2D eigenvalue weighted by atomic mass is 10.2. The van der Waals surface area contributed by atoms with Gasteiger partial charge in [-0.25, -0.2) is 4.79 Å². The van der Waals surface area contributed by atoms with Crippen LogP contribution in [0.15, 0.2) is 30.3 Å². The number of benzene rings is 1. The molecule has 0 aliphatic carbocycles. The number of aryl methyl sites for hydroxylation is 1. The third-order valence-corrected chi connectivity index (χ3v) is 3.46. The topological polar surface area (TPSA) is 68.3 Å². The first-order valence-corrected chi connectivity index (χ1v) is 6.90. The number of rotatable bonds is 4. The van der Waals surface area contributed by atoms with Crippen molar-refractivity contribution in [2.45, 2.75) is 13.8 Å². The smallest absolute Gasteiger partial charge is 0.343 e. The quantitative estimate of drug-likeness (QED) is 0.879. The van der Waals surface area contributed by atoms with Crippen molar-refractivity contribution in [1.82, 2.24) is 4.37 Å². The Bertz CT molecular complexity index is 623. The Morgan fingerprint density at radius 3 is 2.65 bits per heavy atom. The number of ether oxygens (including phenoxy) is 1. The minimum atomic E-state index is -0.470. The fourth-order valence-corrected chi connectivity index (χ4v) is 2.44. The first kappa shape index (κ1) is 14.2. The van der Waals surface area contributed by atoms with Crippen molar-refractivity contribution >= 4 is 28.4 Å². The average Bonchev–Trinajstić information content (AvgIpc) is 2.81. The average molecular weight is 290 g/mol. The molecule has 0 radical (unpaired) electrons. The van der Waals surface area contributed by atoms with Crippen LogP contribution >= 0.6 is 11.5 Å². The van der Waals surface area contributed by atoms with Crippen LogP contribution in [0.3, 0.4) is 0 Å². The maximum Gasteiger partial charge on any atom is 0.343 e. The Kier molecular flexibility index (Phi) is 4.47. The predicted molar refractivity (Wildman–Crippen MR) is 77.2 cm³/mol. The third kappa shape index (κ3) is 3.03. The fraction of sp³-hybridized carbons (Fsp3) is 0.214. The van der Waals surface area contributed by atoms with Crippen molar-refractivity contribution in [3.05, 3.63) is 47.2 Å². The van der Waals surface area contributed by atoms with Crippen molar-refractivity contribution in [3.8, 4) is 0 Å². The zero-order valence-corrected chi connectivity index (χ0v) is 12.0. The summed E-state index contributed by atoms with van der Waals surface area (Å²) in [4.78, 5) is 23.9. The van der Waals surface area contributed by atoms with Crippen molar-refractivity contribution in [2.24, 2.45) is 0 Å². The van der Waals surface area contributed by atoms with Crippen molar-refractivity contribution in [3.63, 3.8) is 0 Å². The summed E-state index contributed by atoms with van der Waals surface area (Å²) in [6, 6.07) is 8.79. The molecular weight excluding hydrogens is 276 g/mol. The van der Waals surface area contributed by atoms with Crippen LogP contribution in [0.5, 0.6) is 0 Å². The lowest BCUT2D eigenvalue weighted by Crippen LogP contribution is -2.14. The molecule has 1 aromatic carbocycles. The zero-order chi connectivity index (χ0) is 14.5. The number of nitrogens with one attached hydrogen (secondary N) is 1. The van der Waals surface area contributed by atoms with Gasteiger partial charge in [0.15, 0.2) is 0 Å². The molecule has 2 aromatic rings. The van der Waals surface area contributed by atoms with Crippen LogP contribution in [0.2, 0.25) is 0 Å². The molecule has 104 valence electrons. The van der Waals surface area contributed by atoms with Gasteiger partial charge in [-0.1, -0.05) is 18.2 Å². The fourth-order valence-electron chi connectivity index (χ4n) is 1.66. The highest BCUT2D eigenvalue weighted by Crippen LogP contribution is 2.25. The highest BCUT2D eigenvalue weighted by molar-refractivity contribution is 7.11. The van der Waals surface area contributed by atoms with Gasteiger partial charge in [0.1, 0.15) is 10.6 Å². The van der Waals surface area contributed by atoms with E-state index in [4.69, 9.17) is 4.74 Å². The van der Waals surface area contributed by atoms with E-state index in [-0.39, 0.29) is 12.5 Å². The third-order valence-electron chi connectivity index (χ3n) is 2.61. The second kappa shape index (κ2) is 6.29. The van der Waals surface area contributed by atoms with Gasteiger partial charge in [-0.3, -0.25) is 4.79 Å². The van der Waals surface area contributed by atoms with Crippen molar-refractivity contribution in [1.29, 1.82) is 0 Å². The Hall–Kier alpha value is -2.21. The molecule has 0 unspecified atom stereocenters. The summed E-state index contributed by atoms with van der Waals surface area (Å²) >= 11 is 1.07. The Morgan fingerprint density at radius 2 is 2.00 bits per heavy atom. The lowest BCUT2D eigenvalue weighted by molar-refractivity contribution is 0.0527. The molecule has 20 heavy (non-hydrogen) atoms. The molecule has 2 rings (SSSR count). The lowest BCUT2D eigenvalue weighted by Gasteiger charge is -2.06. The van der Waals surface area contributed by atoms with Crippen LogP contribution in [-0.2, 0) is 4.74 Å². The number of aromatic nitrogens is 1. The van der Waals surface area contributed by atoms with Crippen LogP contribution in [-0.4, -0.2) is 22.9 Å². The van der Waals surface area contributed by atoms with E-state index in [0.717, 1.165) is 11.5 Å². The van der Waals surface area contributed by atoms with E-state index in [9.17, 15) is 9.59 Å². The van der Waals surface area contributed by atoms with Crippen LogP contribution < -0.4 is 5.32 Å². The molecule has 1 amide bonds. The molecule has 1 aromatic heterocycles. The van der Waals surface area contributed by atoms with E-state index in [1.807, 2.05) is 6.07 Å². The minimum Gasteiger partial charge on any atom is -0.462 e. The van der Waals surface area contributed by atoms with E-state index in [1.165, 1.54) is 0 Å². The number of esters is 1. The molecule has 0 fully saturated rings. The Morgan fingerprint density at radius 1 is 1.30 bits per heavy atom. The van der Waals surface area contributed by atoms with Crippen molar-refractivity contribution in [2.75, 3.05) is 11.9 Å². The zero-order valence-electron chi connectivity index (χ0n) is 11.2. The number of carbonyl (C=O) groups is 2. The van der Waals surface area contributed by atoms with E-state index in [1.54, 1.807) is 38.1 Å². The van der Waals surface area contributed by atoms with Gasteiger partial charge in [0.05, 0.1) is 12.3 Å². The minimum absolute atomic E-state index is 0.278. The summed E-state index contributed by atoms with van der Waals surface area (Å²) in [5.74, 6) is -0.748. The summed E-state index contributed by atoms with van der Waals surface area (Å²) in [6.45, 7) is 3.72. The molecule has 0 aliphatic rings. The van der Waals surface area contributed by atoms with E-state index < -0.39 is 5.97 Å². The molecule has 5 nitrogen and oxygen atoms in total. The maximum absolute atomic E-state index is 12.1. The monoisotopic (exact) mass is 290 g/mol. The number of hydrogen-bond acceptors (Lipinski definition) is 5. The van der Waals surface area contributed by atoms with Gasteiger partial charge in [-0.2, -0.15) is 4.37 Å². The standard InChI is InChI=1S/C14H14N2O3S/c1-3-19-14(18)11-9(2)16-20-13(11)15-12(17)10-7-5-4-6-8-10/h4-8H,3H2,1-2H3,(H,15,17). The molecule has 1 heterocycles. The SMILES string of the molecule is CCOC(=O)c1c(C)nsc1NC(=O)c1ccccc1. The normalized spacial score (nSPS) is 10.1. The number of nitrogens with zero attached hydrogens (tertiary/aromatic N) is 1. The highest BCUT2D eigenvalue weighted by Gasteiger charge is 2.21. The number of hydrogen-bond donors (Lipinski definition) is 1. The first-order valence-electron chi connectivity index (χ1n) is 6.13. The van der Waals surface area contributed by atoms with Gasteiger partial charge >= 0.3 is 5.97 Å². The Balaban J connectivity index is 2.22. The highest BCUT2D eigenvalue weighted by atomic mass is 32.1. The maximum atomic E-state index is 12.1. The summed E-state index contributed by atoms with van der Waals surface area (Å²) in [5.41, 5.74) is 1.39. The van der Waals surface area contributed by atoms with E-state index in [0.29, 0.717) is 21.8 Å². The van der Waals surface area contributed by atoms with Crippen molar-refractivity contribution < 1.29 is 14.3 Å². The molecular formula is C14H14N2O3S. The van der Waals surface area contributed by atoms with Crippen LogP contribution in [0.25, 0.3) is 0 Å². The summed E-state index contributed by atoms with van der Waals surface area (Å²) in [5, 5.41) is 3.12. The molecule has 0 aliphatic heterocycles. The van der Waals surface area contributed by atoms with Gasteiger partial charge in [-0.05, 0) is 37.5 Å². The van der Waals surface area contributed by atoms with Gasteiger partial charge < -0.3 is 10.1 Å². The van der Waals surface area contributed by atoms with Gasteiger partial charge in [-0.15, -0.1) is 0 Å². The second-order valence-corrected chi connectivity index (χ2v) is 4.79. The van der Waals surface area contributed by atoms with E-state index >= 15 is 0 Å². The summed E-state index contributed by atoms with van der Waals surface area (Å²) in [7, 11) is 0. The predicted octanol–water partition coefficient (Wildman–Crippen LogP) is 2.88. The van der Waals surface area contributed by atoms with Gasteiger partial charge in [0.2, 0.25) is 0 Å². The summed E-state index contributed by atoms with van der Waals surface area (Å²) < 4.78 is 9.06. The molecule has 0 saturated carbocycles. The molecule has 0 bridgehead atoms. The van der Waals surface area contributed by atoms with Crippen LogP contribution in [0.4, 0.5) is 5.00 Å². The number of carbonyl (C=O) groups excluding carboxylic acids is 2. The number of anilines is 1. The molecule has 0 spiro atoms.